The van der Waals surface area contributed by atoms with Gasteiger partial charge in [-0.3, -0.25) is 4.79 Å². The van der Waals surface area contributed by atoms with Crippen molar-refractivity contribution in [1.82, 2.24) is 4.57 Å². The SMILES string of the molecule is O=Cc1ccc(-c2c(C(=O)O)n(CCc3cc4c(cc3Cl)OCO4)c3ccc(OCc4ccccc4)cc23)cc1. The molecule has 40 heavy (non-hydrogen) atoms. The van der Waals surface area contributed by atoms with Crippen LogP contribution >= 0.6 is 11.6 Å². The summed E-state index contributed by atoms with van der Waals surface area (Å²) in [6.07, 6.45) is 1.23. The number of rotatable bonds is 9. The fraction of sp³-hybridized carbons (Fsp3) is 0.125. The fourth-order valence-corrected chi connectivity index (χ4v) is 5.27. The van der Waals surface area contributed by atoms with Gasteiger partial charge < -0.3 is 23.9 Å². The highest BCUT2D eigenvalue weighted by Gasteiger charge is 2.25. The quantitative estimate of drug-likeness (QED) is 0.197. The first-order chi connectivity index (χ1) is 19.5. The normalized spacial score (nSPS) is 12.0. The number of ether oxygens (including phenoxy) is 3. The Kier molecular flexibility index (Phi) is 6.88. The van der Waals surface area contributed by atoms with Gasteiger partial charge in [0.2, 0.25) is 6.79 Å². The molecule has 4 aromatic carbocycles. The Balaban J connectivity index is 1.43. The van der Waals surface area contributed by atoms with Crippen molar-refractivity contribution in [2.75, 3.05) is 6.79 Å². The lowest BCUT2D eigenvalue weighted by atomic mass is 10.0. The van der Waals surface area contributed by atoms with Crippen LogP contribution in [0.1, 0.15) is 32.0 Å². The third-order valence-corrected chi connectivity index (χ3v) is 7.32. The minimum atomic E-state index is -1.06. The van der Waals surface area contributed by atoms with Crippen molar-refractivity contribution in [2.24, 2.45) is 0 Å². The molecule has 0 saturated carbocycles. The minimum absolute atomic E-state index is 0.140. The first-order valence-electron chi connectivity index (χ1n) is 12.7. The predicted octanol–water partition coefficient (Wildman–Crippen LogP) is 7.02. The van der Waals surface area contributed by atoms with E-state index >= 15 is 0 Å². The van der Waals surface area contributed by atoms with E-state index in [1.807, 2.05) is 54.6 Å². The third-order valence-electron chi connectivity index (χ3n) is 6.97. The molecule has 5 aromatic rings. The van der Waals surface area contributed by atoms with E-state index in [0.717, 1.165) is 28.3 Å². The van der Waals surface area contributed by atoms with E-state index in [0.29, 0.717) is 58.5 Å². The molecule has 0 bridgehead atoms. The maximum Gasteiger partial charge on any atom is 0.353 e. The summed E-state index contributed by atoms with van der Waals surface area (Å²) in [6.45, 7) is 0.875. The molecule has 7 nitrogen and oxygen atoms in total. The number of hydrogen-bond donors (Lipinski definition) is 1. The second kappa shape index (κ2) is 10.8. The van der Waals surface area contributed by atoms with Gasteiger partial charge in [0.1, 0.15) is 24.3 Å². The molecule has 0 fully saturated rings. The van der Waals surface area contributed by atoms with Gasteiger partial charge in [0, 0.05) is 39.7 Å². The molecule has 1 N–H and O–H groups in total. The summed E-state index contributed by atoms with van der Waals surface area (Å²) >= 11 is 6.52. The van der Waals surface area contributed by atoms with Gasteiger partial charge in [-0.1, -0.05) is 66.2 Å². The number of carbonyl (C=O) groups is 2. The molecule has 0 unspecified atom stereocenters. The first-order valence-corrected chi connectivity index (χ1v) is 13.1. The largest absolute Gasteiger partial charge is 0.489 e. The lowest BCUT2D eigenvalue weighted by Crippen LogP contribution is -2.11. The highest BCUT2D eigenvalue weighted by molar-refractivity contribution is 6.31. The number of aromatic carboxylic acids is 1. The Morgan fingerprint density at radius 3 is 2.45 bits per heavy atom. The molecule has 6 rings (SSSR count). The lowest BCUT2D eigenvalue weighted by Gasteiger charge is -2.11. The summed E-state index contributed by atoms with van der Waals surface area (Å²) in [5, 5.41) is 11.7. The van der Waals surface area contributed by atoms with E-state index in [9.17, 15) is 14.7 Å². The second-order valence-electron chi connectivity index (χ2n) is 9.42. The van der Waals surface area contributed by atoms with E-state index in [4.69, 9.17) is 25.8 Å². The molecular formula is C32H24ClNO6. The zero-order valence-corrected chi connectivity index (χ0v) is 22.1. The number of hydrogen-bond acceptors (Lipinski definition) is 5. The standard InChI is InChI=1S/C32H24ClNO6/c33-26-16-29-28(39-19-40-29)14-23(26)12-13-34-27-11-10-24(38-18-21-4-2-1-3-5-21)15-25(27)30(31(34)32(36)37)22-8-6-20(17-35)7-9-22/h1-11,14-17H,12-13,18-19H2,(H,36,37). The van der Waals surface area contributed by atoms with Crippen LogP contribution in [0.15, 0.2) is 84.9 Å². The molecule has 0 radical (unpaired) electrons. The Hall–Kier alpha value is -4.75. The number of carboxylic acids is 1. The van der Waals surface area contributed by atoms with Crippen LogP contribution in [0, 0.1) is 0 Å². The van der Waals surface area contributed by atoms with Gasteiger partial charge in [0.05, 0.1) is 0 Å². The summed E-state index contributed by atoms with van der Waals surface area (Å²) in [5.74, 6) is 0.770. The number of aromatic nitrogens is 1. The monoisotopic (exact) mass is 553 g/mol. The number of carboxylic acid groups (broad SMARTS) is 1. The number of aldehydes is 1. The number of benzene rings is 4. The summed E-state index contributed by atoms with van der Waals surface area (Å²) in [4.78, 5) is 24.0. The van der Waals surface area contributed by atoms with Gasteiger partial charge in [0.15, 0.2) is 11.5 Å². The highest BCUT2D eigenvalue weighted by atomic mass is 35.5. The average Bonchev–Trinajstić information content (AvgIpc) is 3.57. The number of halogens is 1. The molecule has 8 heteroatoms. The number of nitrogens with zero attached hydrogens (tertiary/aromatic N) is 1. The van der Waals surface area contributed by atoms with Crippen molar-refractivity contribution < 1.29 is 28.9 Å². The molecule has 0 saturated heterocycles. The van der Waals surface area contributed by atoms with Crippen molar-refractivity contribution in [1.29, 1.82) is 0 Å². The van der Waals surface area contributed by atoms with Gasteiger partial charge in [-0.15, -0.1) is 0 Å². The van der Waals surface area contributed by atoms with E-state index in [1.54, 1.807) is 34.9 Å². The Bertz CT molecular complexity index is 1730. The number of aryl methyl sites for hydroxylation is 2. The summed E-state index contributed by atoms with van der Waals surface area (Å²) < 4.78 is 18.8. The number of carbonyl (C=O) groups excluding carboxylic acids is 1. The topological polar surface area (TPSA) is 87.0 Å². The van der Waals surface area contributed by atoms with Crippen LogP contribution in [0.5, 0.6) is 17.2 Å². The highest BCUT2D eigenvalue weighted by Crippen LogP contribution is 2.39. The average molecular weight is 554 g/mol. The maximum atomic E-state index is 12.8. The predicted molar refractivity (Wildman–Crippen MR) is 152 cm³/mol. The second-order valence-corrected chi connectivity index (χ2v) is 9.83. The maximum absolute atomic E-state index is 12.8. The third kappa shape index (κ3) is 4.87. The molecule has 0 aliphatic carbocycles. The van der Waals surface area contributed by atoms with Crippen molar-refractivity contribution in [2.45, 2.75) is 19.6 Å². The molecule has 0 amide bonds. The molecule has 2 heterocycles. The van der Waals surface area contributed by atoms with Crippen LogP contribution in [0.4, 0.5) is 0 Å². The van der Waals surface area contributed by atoms with Crippen LogP contribution in [-0.2, 0) is 19.6 Å². The summed E-state index contributed by atoms with van der Waals surface area (Å²) in [7, 11) is 0. The van der Waals surface area contributed by atoms with Crippen LogP contribution < -0.4 is 14.2 Å². The minimum Gasteiger partial charge on any atom is -0.489 e. The summed E-state index contributed by atoms with van der Waals surface area (Å²) in [5.41, 5.74) is 4.49. The fourth-order valence-electron chi connectivity index (χ4n) is 5.02. The number of fused-ring (bicyclic) bond motifs is 2. The molecular weight excluding hydrogens is 530 g/mol. The Morgan fingerprint density at radius 2 is 1.73 bits per heavy atom. The smallest absolute Gasteiger partial charge is 0.353 e. The molecule has 1 aliphatic rings. The molecule has 0 atom stereocenters. The summed E-state index contributed by atoms with van der Waals surface area (Å²) in [6, 6.07) is 25.9. The van der Waals surface area contributed by atoms with Gasteiger partial charge in [-0.05, 0) is 47.4 Å². The van der Waals surface area contributed by atoms with E-state index in [1.165, 1.54) is 0 Å². The van der Waals surface area contributed by atoms with Crippen molar-refractivity contribution in [3.8, 4) is 28.4 Å². The van der Waals surface area contributed by atoms with E-state index in [-0.39, 0.29) is 12.5 Å². The van der Waals surface area contributed by atoms with Gasteiger partial charge in [-0.25, -0.2) is 4.79 Å². The zero-order valence-electron chi connectivity index (χ0n) is 21.3. The molecule has 1 aliphatic heterocycles. The Morgan fingerprint density at radius 1 is 0.975 bits per heavy atom. The molecule has 0 spiro atoms. The van der Waals surface area contributed by atoms with Crippen molar-refractivity contribution in [3.63, 3.8) is 0 Å². The van der Waals surface area contributed by atoms with Crippen LogP contribution in [0.3, 0.4) is 0 Å². The zero-order chi connectivity index (χ0) is 27.6. The van der Waals surface area contributed by atoms with Crippen molar-refractivity contribution in [3.05, 3.63) is 112 Å². The van der Waals surface area contributed by atoms with Gasteiger partial charge in [-0.2, -0.15) is 0 Å². The lowest BCUT2D eigenvalue weighted by molar-refractivity contribution is 0.0686. The van der Waals surface area contributed by atoms with Crippen LogP contribution in [0.2, 0.25) is 5.02 Å². The van der Waals surface area contributed by atoms with Gasteiger partial charge in [0.25, 0.3) is 0 Å². The van der Waals surface area contributed by atoms with E-state index < -0.39 is 5.97 Å². The first kappa shape index (κ1) is 25.5. The molecule has 1 aromatic heterocycles. The van der Waals surface area contributed by atoms with Crippen molar-refractivity contribution >= 4 is 34.8 Å². The van der Waals surface area contributed by atoms with Gasteiger partial charge >= 0.3 is 5.97 Å². The van der Waals surface area contributed by atoms with E-state index in [2.05, 4.69) is 0 Å². The van der Waals surface area contributed by atoms with Crippen LogP contribution in [-0.4, -0.2) is 28.7 Å². The van der Waals surface area contributed by atoms with Crippen LogP contribution in [0.25, 0.3) is 22.0 Å². The molecule has 200 valence electrons. The Labute approximate surface area is 235 Å².